The van der Waals surface area contributed by atoms with E-state index in [0.717, 1.165) is 6.41 Å². The van der Waals surface area contributed by atoms with Gasteiger partial charge in [-0.2, -0.15) is 0 Å². The number of ether oxygens (including phenoxy) is 2. The molecule has 0 aromatic heterocycles. The van der Waals surface area contributed by atoms with Crippen LogP contribution in [-0.4, -0.2) is 79.0 Å². The topological polar surface area (TPSA) is 79.4 Å². The predicted molar refractivity (Wildman–Crippen MR) is 95.4 cm³/mol. The second-order valence-electron chi connectivity index (χ2n) is 7.10. The average molecular weight is 373 g/mol. The lowest BCUT2D eigenvalue weighted by Crippen LogP contribution is -2.51. The Labute approximate surface area is 157 Å². The number of hydrogen-bond donors (Lipinski definition) is 0. The van der Waals surface area contributed by atoms with Crippen LogP contribution in [0.3, 0.4) is 0 Å². The average Bonchev–Trinajstić information content (AvgIpc) is 3.21. The lowest BCUT2D eigenvalue weighted by molar-refractivity contribution is -0.140. The maximum atomic E-state index is 12.7. The summed E-state index contributed by atoms with van der Waals surface area (Å²) in [5.41, 5.74) is 0.578. The van der Waals surface area contributed by atoms with Gasteiger partial charge in [0.1, 0.15) is 0 Å². The summed E-state index contributed by atoms with van der Waals surface area (Å²) in [5.74, 6) is 1.31. The number of amides is 3. The first kappa shape index (κ1) is 17.6. The molecule has 1 aromatic carbocycles. The second-order valence-corrected chi connectivity index (χ2v) is 7.10. The minimum atomic E-state index is -0.0476. The van der Waals surface area contributed by atoms with Crippen molar-refractivity contribution in [3.63, 3.8) is 0 Å². The van der Waals surface area contributed by atoms with Crippen molar-refractivity contribution < 1.29 is 23.9 Å². The minimum absolute atomic E-state index is 0.0428. The van der Waals surface area contributed by atoms with Crippen LogP contribution in [0.1, 0.15) is 23.2 Å². The van der Waals surface area contributed by atoms with E-state index in [1.807, 2.05) is 4.90 Å². The van der Waals surface area contributed by atoms with Gasteiger partial charge in [0, 0.05) is 50.7 Å². The van der Waals surface area contributed by atoms with Gasteiger partial charge in [-0.15, -0.1) is 0 Å². The Morgan fingerprint density at radius 1 is 0.926 bits per heavy atom. The molecule has 3 aliphatic rings. The highest BCUT2D eigenvalue weighted by atomic mass is 16.7. The lowest BCUT2D eigenvalue weighted by atomic mass is 9.94. The number of carbonyl (C=O) groups is 3. The van der Waals surface area contributed by atoms with Gasteiger partial charge in [0.2, 0.25) is 19.1 Å². The predicted octanol–water partition coefficient (Wildman–Crippen LogP) is 0.568. The molecule has 2 fully saturated rings. The van der Waals surface area contributed by atoms with Crippen molar-refractivity contribution in [3.05, 3.63) is 23.8 Å². The summed E-state index contributed by atoms with van der Waals surface area (Å²) in [6.45, 7) is 3.69. The maximum Gasteiger partial charge on any atom is 0.253 e. The molecular formula is C19H23N3O5. The maximum absolute atomic E-state index is 12.7. The summed E-state index contributed by atoms with van der Waals surface area (Å²) >= 11 is 0. The van der Waals surface area contributed by atoms with E-state index in [2.05, 4.69) is 0 Å². The van der Waals surface area contributed by atoms with Crippen LogP contribution in [0.25, 0.3) is 0 Å². The van der Waals surface area contributed by atoms with Crippen LogP contribution in [0.5, 0.6) is 11.5 Å². The van der Waals surface area contributed by atoms with E-state index in [1.165, 1.54) is 0 Å². The number of rotatable bonds is 3. The summed E-state index contributed by atoms with van der Waals surface area (Å²) < 4.78 is 10.6. The molecule has 0 N–H and O–H groups in total. The molecule has 8 heteroatoms. The first-order valence-electron chi connectivity index (χ1n) is 9.33. The molecule has 0 unspecified atom stereocenters. The molecule has 1 aromatic rings. The quantitative estimate of drug-likeness (QED) is 0.724. The van der Waals surface area contributed by atoms with Gasteiger partial charge in [-0.1, -0.05) is 0 Å². The van der Waals surface area contributed by atoms with Crippen molar-refractivity contribution in [3.8, 4) is 11.5 Å². The van der Waals surface area contributed by atoms with Gasteiger partial charge in [0.05, 0.1) is 0 Å². The van der Waals surface area contributed by atoms with E-state index in [1.54, 1.807) is 28.0 Å². The van der Waals surface area contributed by atoms with Crippen molar-refractivity contribution >= 4 is 18.2 Å². The van der Waals surface area contributed by atoms with Gasteiger partial charge < -0.3 is 24.2 Å². The van der Waals surface area contributed by atoms with Crippen molar-refractivity contribution in [1.82, 2.24) is 14.7 Å². The first-order valence-corrected chi connectivity index (χ1v) is 9.33. The van der Waals surface area contributed by atoms with Gasteiger partial charge in [-0.05, 0) is 31.0 Å². The summed E-state index contributed by atoms with van der Waals surface area (Å²) in [7, 11) is 0. The van der Waals surface area contributed by atoms with Crippen LogP contribution in [0.2, 0.25) is 0 Å². The van der Waals surface area contributed by atoms with Gasteiger partial charge in [-0.3, -0.25) is 14.4 Å². The summed E-state index contributed by atoms with van der Waals surface area (Å²) in [6.07, 6.45) is 2.17. The standard InChI is InChI=1S/C19H23N3O5/c23-12-20-7-9-22(10-8-20)18(24)14-3-5-21(6-4-14)19(25)15-1-2-16-17(11-15)27-13-26-16/h1-2,11-12,14H,3-10,13H2. The van der Waals surface area contributed by atoms with Gasteiger partial charge in [-0.25, -0.2) is 0 Å². The number of hydrogen-bond acceptors (Lipinski definition) is 5. The van der Waals surface area contributed by atoms with E-state index < -0.39 is 0 Å². The van der Waals surface area contributed by atoms with Crippen molar-refractivity contribution in [1.29, 1.82) is 0 Å². The Balaban J connectivity index is 1.31. The van der Waals surface area contributed by atoms with Gasteiger partial charge >= 0.3 is 0 Å². The zero-order valence-corrected chi connectivity index (χ0v) is 15.1. The minimum Gasteiger partial charge on any atom is -0.454 e. The van der Waals surface area contributed by atoms with Crippen molar-refractivity contribution in [2.75, 3.05) is 46.1 Å². The van der Waals surface area contributed by atoms with E-state index >= 15 is 0 Å². The normalized spacial score (nSPS) is 19.9. The van der Waals surface area contributed by atoms with Crippen LogP contribution in [0.15, 0.2) is 18.2 Å². The molecule has 3 aliphatic heterocycles. The molecule has 0 spiro atoms. The second kappa shape index (κ2) is 7.46. The fourth-order valence-electron chi connectivity index (χ4n) is 3.85. The Bertz CT molecular complexity index is 737. The number of piperidine rings is 1. The SMILES string of the molecule is O=CN1CCN(C(=O)C2CCN(C(=O)c3ccc4c(c3)OCO4)CC2)CC1. The number of carbonyl (C=O) groups excluding carboxylic acids is 3. The van der Waals surface area contributed by atoms with Crippen LogP contribution in [0.4, 0.5) is 0 Å². The van der Waals surface area contributed by atoms with E-state index in [4.69, 9.17) is 9.47 Å². The molecular weight excluding hydrogens is 350 g/mol. The van der Waals surface area contributed by atoms with Crippen LogP contribution >= 0.6 is 0 Å². The van der Waals surface area contributed by atoms with Gasteiger partial charge in [0.25, 0.3) is 5.91 Å². The van der Waals surface area contributed by atoms with E-state index in [-0.39, 0.29) is 24.5 Å². The fraction of sp³-hybridized carbons (Fsp3) is 0.526. The third-order valence-corrected chi connectivity index (χ3v) is 5.53. The number of fused-ring (bicyclic) bond motifs is 1. The zero-order valence-electron chi connectivity index (χ0n) is 15.1. The molecule has 8 nitrogen and oxygen atoms in total. The number of likely N-dealkylation sites (tertiary alicyclic amines) is 1. The smallest absolute Gasteiger partial charge is 0.253 e. The molecule has 27 heavy (non-hydrogen) atoms. The molecule has 4 rings (SSSR count). The number of piperazine rings is 1. The number of nitrogens with zero attached hydrogens (tertiary/aromatic N) is 3. The fourth-order valence-corrected chi connectivity index (χ4v) is 3.85. The third-order valence-electron chi connectivity index (χ3n) is 5.53. The molecule has 144 valence electrons. The first-order chi connectivity index (χ1) is 13.2. The summed E-state index contributed by atoms with van der Waals surface area (Å²) in [5, 5.41) is 0. The molecule has 3 heterocycles. The largest absolute Gasteiger partial charge is 0.454 e. The highest BCUT2D eigenvalue weighted by molar-refractivity contribution is 5.95. The zero-order chi connectivity index (χ0) is 18.8. The Hall–Kier alpha value is -2.77. The Morgan fingerprint density at radius 3 is 2.33 bits per heavy atom. The van der Waals surface area contributed by atoms with E-state index in [0.29, 0.717) is 69.2 Å². The molecule has 0 aliphatic carbocycles. The number of benzene rings is 1. The highest BCUT2D eigenvalue weighted by Gasteiger charge is 2.32. The molecule has 0 bridgehead atoms. The Kier molecular flexibility index (Phi) is 4.87. The van der Waals surface area contributed by atoms with E-state index in [9.17, 15) is 14.4 Å². The molecule has 2 saturated heterocycles. The van der Waals surface area contributed by atoms with Crippen molar-refractivity contribution in [2.45, 2.75) is 12.8 Å². The van der Waals surface area contributed by atoms with Gasteiger partial charge in [0.15, 0.2) is 11.5 Å². The van der Waals surface area contributed by atoms with Crippen LogP contribution < -0.4 is 9.47 Å². The summed E-state index contributed by atoms with van der Waals surface area (Å²) in [6, 6.07) is 5.22. The third kappa shape index (κ3) is 3.56. The molecule has 0 saturated carbocycles. The Morgan fingerprint density at radius 2 is 1.63 bits per heavy atom. The van der Waals surface area contributed by atoms with Crippen molar-refractivity contribution in [2.24, 2.45) is 5.92 Å². The highest BCUT2D eigenvalue weighted by Crippen LogP contribution is 2.33. The lowest BCUT2D eigenvalue weighted by Gasteiger charge is -2.37. The van der Waals surface area contributed by atoms with Crippen LogP contribution in [0, 0.1) is 5.92 Å². The molecule has 0 radical (unpaired) electrons. The summed E-state index contributed by atoms with van der Waals surface area (Å²) in [4.78, 5) is 41.6. The van der Waals surface area contributed by atoms with Crippen LogP contribution in [-0.2, 0) is 9.59 Å². The molecule has 3 amide bonds. The molecule has 0 atom stereocenters. The monoisotopic (exact) mass is 373 g/mol.